The Hall–Kier alpha value is -0.0400. The van der Waals surface area contributed by atoms with Gasteiger partial charge >= 0.3 is 0 Å². The summed E-state index contributed by atoms with van der Waals surface area (Å²) >= 11 is 0. The van der Waals surface area contributed by atoms with Gasteiger partial charge in [-0.3, -0.25) is 9.89 Å². The SMILES string of the molecule is CCCCCNC(=NCC1CCCN1CC)NCC.I. The maximum Gasteiger partial charge on any atom is 0.191 e. The lowest BCUT2D eigenvalue weighted by Crippen LogP contribution is -2.39. The Morgan fingerprint density at radius 2 is 2.00 bits per heavy atom. The number of likely N-dealkylation sites (tertiary alicyclic amines) is 1. The van der Waals surface area contributed by atoms with Crippen LogP contribution in [0.25, 0.3) is 0 Å². The summed E-state index contributed by atoms with van der Waals surface area (Å²) in [5.74, 6) is 0.988. The van der Waals surface area contributed by atoms with Crippen LogP contribution >= 0.6 is 24.0 Å². The molecule has 120 valence electrons. The van der Waals surface area contributed by atoms with Crippen molar-refractivity contribution in [1.29, 1.82) is 0 Å². The number of guanidine groups is 1. The first-order valence-corrected chi connectivity index (χ1v) is 8.08. The van der Waals surface area contributed by atoms with E-state index in [0.29, 0.717) is 6.04 Å². The summed E-state index contributed by atoms with van der Waals surface area (Å²) in [6, 6.07) is 0.649. The summed E-state index contributed by atoms with van der Waals surface area (Å²) in [6.45, 7) is 11.9. The molecule has 0 radical (unpaired) electrons. The molecule has 20 heavy (non-hydrogen) atoms. The number of nitrogens with zero attached hydrogens (tertiary/aromatic N) is 2. The number of unbranched alkanes of at least 4 members (excludes halogenated alkanes) is 2. The monoisotopic (exact) mass is 396 g/mol. The molecule has 2 N–H and O–H groups in total. The molecule has 1 aliphatic heterocycles. The summed E-state index contributed by atoms with van der Waals surface area (Å²) in [6.07, 6.45) is 6.41. The highest BCUT2D eigenvalue weighted by Gasteiger charge is 2.22. The van der Waals surface area contributed by atoms with Crippen LogP contribution in [0.2, 0.25) is 0 Å². The van der Waals surface area contributed by atoms with E-state index in [1.54, 1.807) is 0 Å². The van der Waals surface area contributed by atoms with Crippen molar-refractivity contribution in [2.75, 3.05) is 32.7 Å². The van der Waals surface area contributed by atoms with Crippen molar-refractivity contribution < 1.29 is 0 Å². The molecule has 0 aromatic rings. The van der Waals surface area contributed by atoms with E-state index in [1.807, 2.05) is 0 Å². The Balaban J connectivity index is 0.00000361. The predicted octanol–water partition coefficient (Wildman–Crippen LogP) is 2.83. The summed E-state index contributed by atoms with van der Waals surface area (Å²) in [4.78, 5) is 7.29. The second-order valence-electron chi connectivity index (χ2n) is 5.28. The van der Waals surface area contributed by atoms with Crippen molar-refractivity contribution in [3.63, 3.8) is 0 Å². The number of hydrogen-bond donors (Lipinski definition) is 2. The topological polar surface area (TPSA) is 39.7 Å². The Bertz CT molecular complexity index is 258. The number of likely N-dealkylation sites (N-methyl/N-ethyl adjacent to an activating group) is 1. The summed E-state index contributed by atoms with van der Waals surface area (Å²) < 4.78 is 0. The van der Waals surface area contributed by atoms with Gasteiger partial charge in [-0.05, 0) is 39.3 Å². The third-order valence-corrected chi connectivity index (χ3v) is 3.78. The third kappa shape index (κ3) is 7.67. The van der Waals surface area contributed by atoms with Crippen molar-refractivity contribution in [3.05, 3.63) is 0 Å². The van der Waals surface area contributed by atoms with Gasteiger partial charge in [-0.2, -0.15) is 0 Å². The van der Waals surface area contributed by atoms with Crippen molar-refractivity contribution in [2.24, 2.45) is 4.99 Å². The molecule has 1 unspecified atom stereocenters. The second-order valence-corrected chi connectivity index (χ2v) is 5.28. The zero-order valence-corrected chi connectivity index (χ0v) is 15.8. The van der Waals surface area contributed by atoms with E-state index in [9.17, 15) is 0 Å². The van der Waals surface area contributed by atoms with Crippen LogP contribution in [0.3, 0.4) is 0 Å². The molecule has 1 atom stereocenters. The minimum Gasteiger partial charge on any atom is -0.357 e. The molecule has 0 bridgehead atoms. The molecule has 0 amide bonds. The number of rotatable bonds is 8. The fourth-order valence-corrected chi connectivity index (χ4v) is 2.64. The smallest absolute Gasteiger partial charge is 0.191 e. The Kier molecular flexibility index (Phi) is 12.7. The van der Waals surface area contributed by atoms with Gasteiger partial charge in [0.15, 0.2) is 5.96 Å². The minimum atomic E-state index is 0. The molecule has 0 aromatic heterocycles. The van der Waals surface area contributed by atoms with Gasteiger partial charge in [-0.1, -0.05) is 26.7 Å². The Morgan fingerprint density at radius 1 is 1.20 bits per heavy atom. The summed E-state index contributed by atoms with van der Waals surface area (Å²) in [5, 5.41) is 6.77. The van der Waals surface area contributed by atoms with Gasteiger partial charge in [-0.15, -0.1) is 24.0 Å². The first-order valence-electron chi connectivity index (χ1n) is 8.08. The van der Waals surface area contributed by atoms with Gasteiger partial charge in [0.1, 0.15) is 0 Å². The van der Waals surface area contributed by atoms with Crippen LogP contribution in [0.1, 0.15) is 52.9 Å². The molecular formula is C15H33IN4. The molecule has 0 aromatic carbocycles. The third-order valence-electron chi connectivity index (χ3n) is 3.78. The molecule has 1 saturated heterocycles. The van der Waals surface area contributed by atoms with E-state index in [1.165, 1.54) is 38.6 Å². The molecule has 0 spiro atoms. The van der Waals surface area contributed by atoms with Gasteiger partial charge < -0.3 is 10.6 Å². The number of aliphatic imine (C=N–C) groups is 1. The lowest BCUT2D eigenvalue weighted by Gasteiger charge is -2.21. The molecule has 1 heterocycles. The number of nitrogens with one attached hydrogen (secondary N) is 2. The lowest BCUT2D eigenvalue weighted by molar-refractivity contribution is 0.273. The van der Waals surface area contributed by atoms with Gasteiger partial charge in [-0.25, -0.2) is 0 Å². The van der Waals surface area contributed by atoms with Crippen molar-refractivity contribution in [1.82, 2.24) is 15.5 Å². The van der Waals surface area contributed by atoms with Gasteiger partial charge in [0.05, 0.1) is 6.54 Å². The van der Waals surface area contributed by atoms with Crippen LogP contribution in [-0.2, 0) is 0 Å². The second kappa shape index (κ2) is 12.7. The zero-order chi connectivity index (χ0) is 13.9. The quantitative estimate of drug-likeness (QED) is 0.287. The first-order chi connectivity index (χ1) is 9.31. The molecule has 1 fully saturated rings. The fraction of sp³-hybridized carbons (Fsp3) is 0.933. The van der Waals surface area contributed by atoms with E-state index >= 15 is 0 Å². The van der Waals surface area contributed by atoms with Gasteiger partial charge in [0.25, 0.3) is 0 Å². The maximum atomic E-state index is 4.74. The minimum absolute atomic E-state index is 0. The highest BCUT2D eigenvalue weighted by atomic mass is 127. The number of halogens is 1. The van der Waals surface area contributed by atoms with E-state index in [4.69, 9.17) is 4.99 Å². The van der Waals surface area contributed by atoms with Gasteiger partial charge in [0, 0.05) is 19.1 Å². The molecule has 4 nitrogen and oxygen atoms in total. The Morgan fingerprint density at radius 3 is 2.65 bits per heavy atom. The van der Waals surface area contributed by atoms with Crippen molar-refractivity contribution >= 4 is 29.9 Å². The van der Waals surface area contributed by atoms with Crippen molar-refractivity contribution in [3.8, 4) is 0 Å². The average molecular weight is 396 g/mol. The van der Waals surface area contributed by atoms with Crippen molar-refractivity contribution in [2.45, 2.75) is 58.9 Å². The van der Waals surface area contributed by atoms with E-state index in [2.05, 4.69) is 36.3 Å². The predicted molar refractivity (Wildman–Crippen MR) is 99.2 cm³/mol. The highest BCUT2D eigenvalue weighted by Crippen LogP contribution is 2.16. The molecule has 1 rings (SSSR count). The van der Waals surface area contributed by atoms with E-state index in [0.717, 1.165) is 32.1 Å². The average Bonchev–Trinajstić information content (AvgIpc) is 2.88. The normalized spacial score (nSPS) is 19.8. The van der Waals surface area contributed by atoms with Crippen LogP contribution < -0.4 is 10.6 Å². The maximum absolute atomic E-state index is 4.74. The van der Waals surface area contributed by atoms with Crippen LogP contribution in [0.5, 0.6) is 0 Å². The largest absolute Gasteiger partial charge is 0.357 e. The summed E-state index contributed by atoms with van der Waals surface area (Å²) in [7, 11) is 0. The van der Waals surface area contributed by atoms with E-state index in [-0.39, 0.29) is 24.0 Å². The molecule has 5 heteroatoms. The molecule has 0 saturated carbocycles. The van der Waals surface area contributed by atoms with Crippen LogP contribution in [0.4, 0.5) is 0 Å². The Labute approximate surface area is 142 Å². The lowest BCUT2D eigenvalue weighted by atomic mass is 10.2. The van der Waals surface area contributed by atoms with Gasteiger partial charge in [0.2, 0.25) is 0 Å². The standard InChI is InChI=1S/C15H32N4.HI/c1-4-7-8-11-17-15(16-5-2)18-13-14-10-9-12-19(14)6-3;/h14H,4-13H2,1-3H3,(H2,16,17,18);1H. The van der Waals surface area contributed by atoms with E-state index < -0.39 is 0 Å². The molecule has 0 aliphatic carbocycles. The van der Waals surface area contributed by atoms with Crippen LogP contribution in [0, 0.1) is 0 Å². The van der Waals surface area contributed by atoms with Crippen LogP contribution in [0.15, 0.2) is 4.99 Å². The first kappa shape index (κ1) is 20.0. The highest BCUT2D eigenvalue weighted by molar-refractivity contribution is 14.0. The molecule has 1 aliphatic rings. The summed E-state index contributed by atoms with van der Waals surface area (Å²) in [5.41, 5.74) is 0. The number of hydrogen-bond acceptors (Lipinski definition) is 2. The molecular weight excluding hydrogens is 363 g/mol. The fourth-order valence-electron chi connectivity index (χ4n) is 2.64. The zero-order valence-electron chi connectivity index (χ0n) is 13.5. The van der Waals surface area contributed by atoms with Crippen LogP contribution in [-0.4, -0.2) is 49.6 Å².